The predicted molar refractivity (Wildman–Crippen MR) is 89.9 cm³/mol. The molecule has 0 aliphatic carbocycles. The lowest BCUT2D eigenvalue weighted by atomic mass is 9.98. The van der Waals surface area contributed by atoms with Gasteiger partial charge in [-0.05, 0) is 26.2 Å². The molecule has 1 aliphatic rings. The van der Waals surface area contributed by atoms with Crippen LogP contribution in [0.25, 0.3) is 0 Å². The number of amides is 2. The van der Waals surface area contributed by atoms with Crippen LogP contribution >= 0.6 is 11.3 Å². The van der Waals surface area contributed by atoms with E-state index in [1.54, 1.807) is 23.2 Å². The lowest BCUT2D eigenvalue weighted by Crippen LogP contribution is -2.44. The van der Waals surface area contributed by atoms with Gasteiger partial charge >= 0.3 is 11.8 Å². The standard InChI is InChI=1S/C16H20N4O3S/c1-3-12-9-24-15(17-12)11-5-4-6-20(7-11)16(22)14(21)18-13-10(2)8-23-19-13/h8-9,11H,3-7H2,1-2H3,(H,18,19,21)/t11-/m1/s1. The van der Waals surface area contributed by atoms with Crippen molar-refractivity contribution in [1.29, 1.82) is 0 Å². The minimum atomic E-state index is -0.680. The summed E-state index contributed by atoms with van der Waals surface area (Å²) >= 11 is 1.64. The molecule has 0 unspecified atom stereocenters. The molecular formula is C16H20N4O3S. The van der Waals surface area contributed by atoms with Crippen LogP contribution in [-0.2, 0) is 16.0 Å². The van der Waals surface area contributed by atoms with Crippen LogP contribution in [0.2, 0.25) is 0 Å². The number of hydrogen-bond donors (Lipinski definition) is 1. The number of hydrogen-bond acceptors (Lipinski definition) is 6. The van der Waals surface area contributed by atoms with Crippen LogP contribution in [-0.4, -0.2) is 39.9 Å². The number of nitrogens with one attached hydrogen (secondary N) is 1. The van der Waals surface area contributed by atoms with E-state index in [1.807, 2.05) is 0 Å². The Kier molecular flexibility index (Phi) is 4.94. The molecule has 0 aromatic carbocycles. The minimum Gasteiger partial charge on any atom is -0.362 e. The molecule has 1 fully saturated rings. The first-order chi connectivity index (χ1) is 11.6. The van der Waals surface area contributed by atoms with Crippen molar-refractivity contribution in [2.45, 2.75) is 39.0 Å². The molecule has 1 aliphatic heterocycles. The molecule has 0 saturated carbocycles. The number of anilines is 1. The maximum absolute atomic E-state index is 12.4. The SMILES string of the molecule is CCc1csc([C@@H]2CCCN(C(=O)C(=O)Nc3nocc3C)C2)n1. The number of carbonyl (C=O) groups is 2. The van der Waals surface area contributed by atoms with E-state index in [1.165, 1.54) is 6.26 Å². The maximum Gasteiger partial charge on any atom is 0.315 e. The molecule has 1 atom stereocenters. The summed E-state index contributed by atoms with van der Waals surface area (Å²) in [4.78, 5) is 30.8. The second-order valence-electron chi connectivity index (χ2n) is 5.92. The van der Waals surface area contributed by atoms with E-state index in [9.17, 15) is 9.59 Å². The monoisotopic (exact) mass is 348 g/mol. The van der Waals surface area contributed by atoms with Gasteiger partial charge in [0.15, 0.2) is 5.82 Å². The molecule has 0 radical (unpaired) electrons. The van der Waals surface area contributed by atoms with E-state index < -0.39 is 11.8 Å². The van der Waals surface area contributed by atoms with Crippen molar-refractivity contribution in [3.8, 4) is 0 Å². The molecule has 1 N–H and O–H groups in total. The quantitative estimate of drug-likeness (QED) is 0.860. The fraction of sp³-hybridized carbons (Fsp3) is 0.500. The zero-order chi connectivity index (χ0) is 17.1. The zero-order valence-corrected chi connectivity index (χ0v) is 14.6. The average Bonchev–Trinajstić information content (AvgIpc) is 3.24. The fourth-order valence-electron chi connectivity index (χ4n) is 2.75. The molecule has 24 heavy (non-hydrogen) atoms. The van der Waals surface area contributed by atoms with E-state index in [0.717, 1.165) is 30.0 Å². The molecule has 3 heterocycles. The van der Waals surface area contributed by atoms with Gasteiger partial charge in [-0.3, -0.25) is 14.9 Å². The second kappa shape index (κ2) is 7.12. The number of aromatic nitrogens is 2. The predicted octanol–water partition coefficient (Wildman–Crippen LogP) is 2.35. The number of likely N-dealkylation sites (tertiary alicyclic amines) is 1. The lowest BCUT2D eigenvalue weighted by molar-refractivity contribution is -0.144. The lowest BCUT2D eigenvalue weighted by Gasteiger charge is -2.31. The molecule has 2 aromatic rings. The zero-order valence-electron chi connectivity index (χ0n) is 13.7. The Hall–Kier alpha value is -2.22. The van der Waals surface area contributed by atoms with Gasteiger partial charge in [-0.15, -0.1) is 11.3 Å². The van der Waals surface area contributed by atoms with Crippen molar-refractivity contribution in [1.82, 2.24) is 15.0 Å². The van der Waals surface area contributed by atoms with Crippen LogP contribution < -0.4 is 5.32 Å². The second-order valence-corrected chi connectivity index (χ2v) is 6.81. The number of nitrogens with zero attached hydrogens (tertiary/aromatic N) is 3. The summed E-state index contributed by atoms with van der Waals surface area (Å²) in [6.07, 6.45) is 4.19. The van der Waals surface area contributed by atoms with Gasteiger partial charge in [0, 0.05) is 30.0 Å². The van der Waals surface area contributed by atoms with Crippen molar-refractivity contribution in [2.24, 2.45) is 0 Å². The maximum atomic E-state index is 12.4. The molecule has 0 bridgehead atoms. The first kappa shape index (κ1) is 16.6. The Morgan fingerprint density at radius 1 is 1.50 bits per heavy atom. The minimum absolute atomic E-state index is 0.203. The first-order valence-electron chi connectivity index (χ1n) is 8.04. The smallest absolute Gasteiger partial charge is 0.315 e. The third-order valence-electron chi connectivity index (χ3n) is 4.16. The molecule has 7 nitrogen and oxygen atoms in total. The van der Waals surface area contributed by atoms with Gasteiger partial charge in [0.25, 0.3) is 0 Å². The van der Waals surface area contributed by atoms with E-state index in [-0.39, 0.29) is 11.7 Å². The van der Waals surface area contributed by atoms with E-state index in [2.05, 4.69) is 27.8 Å². The van der Waals surface area contributed by atoms with E-state index in [4.69, 9.17) is 4.52 Å². The molecule has 1 saturated heterocycles. The molecule has 2 amide bonds. The highest BCUT2D eigenvalue weighted by Crippen LogP contribution is 2.29. The largest absolute Gasteiger partial charge is 0.362 e. The van der Waals surface area contributed by atoms with E-state index in [0.29, 0.717) is 18.7 Å². The van der Waals surface area contributed by atoms with Crippen molar-refractivity contribution in [2.75, 3.05) is 18.4 Å². The summed E-state index contributed by atoms with van der Waals surface area (Å²) in [5.41, 5.74) is 1.76. The van der Waals surface area contributed by atoms with Gasteiger partial charge in [0.2, 0.25) is 0 Å². The normalized spacial score (nSPS) is 17.8. The molecule has 128 valence electrons. The summed E-state index contributed by atoms with van der Waals surface area (Å²) in [5.74, 6) is -0.723. The number of thiazole rings is 1. The first-order valence-corrected chi connectivity index (χ1v) is 8.92. The summed E-state index contributed by atoms with van der Waals surface area (Å²) in [6.45, 7) is 4.94. The average molecular weight is 348 g/mol. The van der Waals surface area contributed by atoms with Crippen molar-refractivity contribution >= 4 is 29.0 Å². The molecule has 2 aromatic heterocycles. The van der Waals surface area contributed by atoms with Crippen LogP contribution in [0.1, 0.15) is 41.9 Å². The highest BCUT2D eigenvalue weighted by atomic mass is 32.1. The van der Waals surface area contributed by atoms with Crippen molar-refractivity contribution in [3.05, 3.63) is 27.9 Å². The molecular weight excluding hydrogens is 328 g/mol. The Morgan fingerprint density at radius 3 is 3.00 bits per heavy atom. The fourth-order valence-corrected chi connectivity index (χ4v) is 3.78. The third-order valence-corrected chi connectivity index (χ3v) is 5.22. The molecule has 3 rings (SSSR count). The van der Waals surface area contributed by atoms with Gasteiger partial charge in [-0.1, -0.05) is 12.1 Å². The topological polar surface area (TPSA) is 88.3 Å². The number of aryl methyl sites for hydroxylation is 2. The van der Waals surface area contributed by atoms with Gasteiger partial charge in [0.1, 0.15) is 6.26 Å². The van der Waals surface area contributed by atoms with Crippen molar-refractivity contribution < 1.29 is 14.1 Å². The van der Waals surface area contributed by atoms with Crippen LogP contribution in [0.4, 0.5) is 5.82 Å². The highest BCUT2D eigenvalue weighted by Gasteiger charge is 2.30. The van der Waals surface area contributed by atoms with Crippen molar-refractivity contribution in [3.63, 3.8) is 0 Å². The number of piperidine rings is 1. The van der Waals surface area contributed by atoms with Gasteiger partial charge < -0.3 is 9.42 Å². The van der Waals surface area contributed by atoms with Gasteiger partial charge in [-0.25, -0.2) is 4.98 Å². The number of rotatable bonds is 3. The van der Waals surface area contributed by atoms with Crippen LogP contribution in [0.3, 0.4) is 0 Å². The summed E-state index contributed by atoms with van der Waals surface area (Å²) < 4.78 is 4.76. The van der Waals surface area contributed by atoms with Crippen LogP contribution in [0.15, 0.2) is 16.2 Å². The van der Waals surface area contributed by atoms with Gasteiger partial charge in [-0.2, -0.15) is 0 Å². The highest BCUT2D eigenvalue weighted by molar-refractivity contribution is 7.09. The number of carbonyl (C=O) groups excluding carboxylic acids is 2. The summed E-state index contributed by atoms with van der Waals surface area (Å²) in [7, 11) is 0. The third kappa shape index (κ3) is 3.48. The molecule has 0 spiro atoms. The summed E-state index contributed by atoms with van der Waals surface area (Å²) in [6, 6.07) is 0. The Bertz CT molecular complexity index is 739. The van der Waals surface area contributed by atoms with E-state index >= 15 is 0 Å². The Morgan fingerprint density at radius 2 is 2.33 bits per heavy atom. The summed E-state index contributed by atoms with van der Waals surface area (Å²) in [5, 5.41) is 9.30. The van der Waals surface area contributed by atoms with Crippen LogP contribution in [0.5, 0.6) is 0 Å². The van der Waals surface area contributed by atoms with Gasteiger partial charge in [0.05, 0.1) is 10.7 Å². The molecule has 8 heteroatoms. The van der Waals surface area contributed by atoms with Crippen LogP contribution in [0, 0.1) is 6.92 Å². The Balaban J connectivity index is 1.64. The Labute approximate surface area is 144 Å².